The second kappa shape index (κ2) is 13.9. The molecule has 3 N–H and O–H groups in total. The Hall–Kier alpha value is -4.10. The molecule has 1 saturated heterocycles. The molecule has 4 heterocycles. The number of thiazole rings is 1. The van der Waals surface area contributed by atoms with Crippen LogP contribution in [0.1, 0.15) is 82.6 Å². The van der Waals surface area contributed by atoms with Gasteiger partial charge < -0.3 is 30.0 Å². The molecule has 228 valence electrons. The maximum Gasteiger partial charge on any atom is 0.273 e. The smallest absolute Gasteiger partial charge is 0.273 e. The van der Waals surface area contributed by atoms with E-state index >= 15 is 0 Å². The van der Waals surface area contributed by atoms with E-state index < -0.39 is 35.9 Å². The van der Waals surface area contributed by atoms with Gasteiger partial charge in [-0.05, 0) is 30.7 Å². The fourth-order valence-corrected chi connectivity index (χ4v) is 5.99. The number of nitrogens with zero attached hydrogens (tertiary/aromatic N) is 3. The van der Waals surface area contributed by atoms with Gasteiger partial charge in [0.2, 0.25) is 11.8 Å². The van der Waals surface area contributed by atoms with Gasteiger partial charge in [0, 0.05) is 31.5 Å². The van der Waals surface area contributed by atoms with Crippen molar-refractivity contribution in [2.45, 2.75) is 57.7 Å². The van der Waals surface area contributed by atoms with Crippen molar-refractivity contribution in [3.63, 3.8) is 0 Å². The number of nitrogens with one attached hydrogen (secondary N) is 3. The molecule has 2 aliphatic heterocycles. The summed E-state index contributed by atoms with van der Waals surface area (Å²) in [5.74, 6) is -1.21. The fourth-order valence-electron chi connectivity index (χ4n) is 5.13. The first-order valence-electron chi connectivity index (χ1n) is 14.5. The van der Waals surface area contributed by atoms with Crippen LogP contribution in [-0.4, -0.2) is 70.8 Å². The third-order valence-electron chi connectivity index (χ3n) is 7.25. The van der Waals surface area contributed by atoms with Crippen LogP contribution in [0.4, 0.5) is 0 Å². The summed E-state index contributed by atoms with van der Waals surface area (Å²) in [7, 11) is 0. The lowest BCUT2D eigenvalue weighted by Gasteiger charge is -2.26. The molecular formula is C30H36N6O6S. The first kappa shape index (κ1) is 30.4. The number of amides is 4. The van der Waals surface area contributed by atoms with Gasteiger partial charge in [0.1, 0.15) is 29.1 Å². The van der Waals surface area contributed by atoms with E-state index in [1.54, 1.807) is 5.38 Å². The number of rotatable bonds is 5. The normalized spacial score (nSPS) is 22.0. The summed E-state index contributed by atoms with van der Waals surface area (Å²) in [6.45, 7) is 4.51. The average molecular weight is 609 g/mol. The predicted molar refractivity (Wildman–Crippen MR) is 157 cm³/mol. The first-order valence-corrected chi connectivity index (χ1v) is 15.4. The van der Waals surface area contributed by atoms with Gasteiger partial charge in [0.25, 0.3) is 17.7 Å². The summed E-state index contributed by atoms with van der Waals surface area (Å²) in [6.07, 6.45) is 2.91. The molecule has 3 aromatic rings. The Kier molecular flexibility index (Phi) is 9.82. The lowest BCUT2D eigenvalue weighted by atomic mass is 10.0. The standard InChI is InChI=1S/C30H36N6O6S/c1-18(2)13-21-29-35-23(17-43-29)26(38)31-10-11-36(30(40)24-9-6-12-41-24)15-25(37)32-20(14-19-7-4-3-5-8-19)28-34-22(16-42-28)27(39)33-21/h3-5,7-8,16-18,20-21,24H,6,9-15H2,1-2H3,(H,31,38)(H,32,37)(H,33,39)/t20-,21-,24+/m0/s1. The molecule has 3 atom stereocenters. The van der Waals surface area contributed by atoms with E-state index in [2.05, 4.69) is 25.9 Å². The Balaban J connectivity index is 1.46. The van der Waals surface area contributed by atoms with E-state index in [0.717, 1.165) is 12.0 Å². The Labute approximate surface area is 253 Å². The van der Waals surface area contributed by atoms with Crippen LogP contribution >= 0.6 is 11.3 Å². The molecule has 12 nitrogen and oxygen atoms in total. The van der Waals surface area contributed by atoms with Crippen molar-refractivity contribution in [3.8, 4) is 0 Å². The molecular weight excluding hydrogens is 572 g/mol. The molecule has 0 unspecified atom stereocenters. The SMILES string of the molecule is CC(C)C[C@@H]1NC(=O)c2coc(n2)[C@H](Cc2ccccc2)NC(=O)CN(C(=O)[C@H]2CCCO2)CCNC(=O)c2csc1n2. The number of oxazole rings is 1. The van der Waals surface area contributed by atoms with Gasteiger partial charge in [-0.3, -0.25) is 19.2 Å². The molecule has 2 aromatic heterocycles. The van der Waals surface area contributed by atoms with Crippen LogP contribution in [0.15, 0.2) is 46.4 Å². The van der Waals surface area contributed by atoms with E-state index in [-0.39, 0.29) is 48.7 Å². The zero-order valence-corrected chi connectivity index (χ0v) is 25.0. The highest BCUT2D eigenvalue weighted by Gasteiger charge is 2.31. The van der Waals surface area contributed by atoms with Gasteiger partial charge in [0.05, 0.1) is 12.6 Å². The molecule has 4 amide bonds. The zero-order chi connectivity index (χ0) is 30.3. The zero-order valence-electron chi connectivity index (χ0n) is 24.2. The quantitative estimate of drug-likeness (QED) is 0.399. The van der Waals surface area contributed by atoms with Crippen molar-refractivity contribution in [3.05, 3.63) is 69.8 Å². The predicted octanol–water partition coefficient (Wildman–Crippen LogP) is 2.80. The van der Waals surface area contributed by atoms with Crippen LogP contribution in [0.5, 0.6) is 0 Å². The van der Waals surface area contributed by atoms with E-state index in [0.29, 0.717) is 30.9 Å². The number of aromatic nitrogens is 2. The lowest BCUT2D eigenvalue weighted by Crippen LogP contribution is -2.48. The topological polar surface area (TPSA) is 156 Å². The van der Waals surface area contributed by atoms with Crippen molar-refractivity contribution in [1.82, 2.24) is 30.8 Å². The highest BCUT2D eigenvalue weighted by molar-refractivity contribution is 7.09. The molecule has 0 saturated carbocycles. The largest absolute Gasteiger partial charge is 0.446 e. The Morgan fingerprint density at radius 2 is 1.88 bits per heavy atom. The molecule has 1 fully saturated rings. The van der Waals surface area contributed by atoms with Crippen LogP contribution < -0.4 is 16.0 Å². The first-order chi connectivity index (χ1) is 20.8. The Morgan fingerprint density at radius 3 is 2.63 bits per heavy atom. The van der Waals surface area contributed by atoms with E-state index in [1.807, 2.05) is 44.2 Å². The van der Waals surface area contributed by atoms with Crippen molar-refractivity contribution < 1.29 is 28.3 Å². The van der Waals surface area contributed by atoms with Gasteiger partial charge >= 0.3 is 0 Å². The summed E-state index contributed by atoms with van der Waals surface area (Å²) >= 11 is 1.29. The molecule has 2 aliphatic rings. The van der Waals surface area contributed by atoms with Crippen LogP contribution in [0.3, 0.4) is 0 Å². The highest BCUT2D eigenvalue weighted by atomic mass is 32.1. The molecule has 1 aromatic carbocycles. The van der Waals surface area contributed by atoms with E-state index in [4.69, 9.17) is 9.15 Å². The second-order valence-electron chi connectivity index (χ2n) is 11.1. The molecule has 5 rings (SSSR count). The van der Waals surface area contributed by atoms with Crippen molar-refractivity contribution in [2.24, 2.45) is 5.92 Å². The van der Waals surface area contributed by atoms with Crippen LogP contribution in [0, 0.1) is 5.92 Å². The van der Waals surface area contributed by atoms with Crippen molar-refractivity contribution in [1.29, 1.82) is 0 Å². The summed E-state index contributed by atoms with van der Waals surface area (Å²) in [5.41, 5.74) is 1.19. The fraction of sp³-hybridized carbons (Fsp3) is 0.467. The minimum atomic E-state index is -0.706. The Bertz CT molecular complexity index is 1430. The van der Waals surface area contributed by atoms with Crippen LogP contribution in [-0.2, 0) is 20.7 Å². The molecule has 13 heteroatoms. The van der Waals surface area contributed by atoms with Crippen molar-refractivity contribution >= 4 is 35.0 Å². The molecule has 0 radical (unpaired) electrons. The van der Waals surface area contributed by atoms with Gasteiger partial charge in [-0.1, -0.05) is 44.2 Å². The number of benzene rings is 1. The van der Waals surface area contributed by atoms with Gasteiger partial charge in [-0.2, -0.15) is 0 Å². The third-order valence-corrected chi connectivity index (χ3v) is 8.21. The van der Waals surface area contributed by atoms with Crippen LogP contribution in [0.25, 0.3) is 0 Å². The highest BCUT2D eigenvalue weighted by Crippen LogP contribution is 2.26. The van der Waals surface area contributed by atoms with Crippen LogP contribution in [0.2, 0.25) is 0 Å². The molecule has 0 spiro atoms. The van der Waals surface area contributed by atoms with E-state index in [1.165, 1.54) is 22.5 Å². The number of carbonyl (C=O) groups excluding carboxylic acids is 4. The Morgan fingerprint density at radius 1 is 1.07 bits per heavy atom. The minimum Gasteiger partial charge on any atom is -0.446 e. The number of carbonyl (C=O) groups is 4. The monoisotopic (exact) mass is 608 g/mol. The lowest BCUT2D eigenvalue weighted by molar-refractivity contribution is -0.144. The number of fused-ring (bicyclic) bond motifs is 4. The summed E-state index contributed by atoms with van der Waals surface area (Å²) in [6, 6.07) is 8.36. The van der Waals surface area contributed by atoms with Gasteiger partial charge in [-0.25, -0.2) is 9.97 Å². The van der Waals surface area contributed by atoms with E-state index in [9.17, 15) is 19.2 Å². The number of hydrogen-bond donors (Lipinski definition) is 3. The molecule has 43 heavy (non-hydrogen) atoms. The second-order valence-corrected chi connectivity index (χ2v) is 12.0. The summed E-state index contributed by atoms with van der Waals surface area (Å²) in [4.78, 5) is 63.3. The number of ether oxygens (including phenoxy) is 1. The minimum absolute atomic E-state index is 0.0573. The third kappa shape index (κ3) is 7.85. The average Bonchev–Trinajstić information content (AvgIpc) is 3.78. The molecule has 0 aliphatic carbocycles. The van der Waals surface area contributed by atoms with Gasteiger partial charge in [0.15, 0.2) is 5.69 Å². The van der Waals surface area contributed by atoms with Gasteiger partial charge in [-0.15, -0.1) is 11.3 Å². The summed E-state index contributed by atoms with van der Waals surface area (Å²) in [5, 5.41) is 11.0. The maximum absolute atomic E-state index is 13.4. The maximum atomic E-state index is 13.4. The summed E-state index contributed by atoms with van der Waals surface area (Å²) < 4.78 is 11.3. The van der Waals surface area contributed by atoms with Crippen molar-refractivity contribution in [2.75, 3.05) is 26.2 Å². The number of hydrogen-bond acceptors (Lipinski definition) is 9. The molecule has 4 bridgehead atoms.